The van der Waals surface area contributed by atoms with Crippen LogP contribution in [-0.4, -0.2) is 140 Å². The number of rotatable bonds is 38. The van der Waals surface area contributed by atoms with Crippen molar-refractivity contribution >= 4 is 5.91 Å². The second-order valence-electron chi connectivity index (χ2n) is 17.9. The van der Waals surface area contributed by atoms with Crippen LogP contribution >= 0.6 is 0 Å². The van der Waals surface area contributed by atoms with Gasteiger partial charge in [-0.1, -0.05) is 158 Å². The molecule has 1 amide bonds. The molecule has 0 aromatic heterocycles. The van der Waals surface area contributed by atoms with Gasteiger partial charge in [0.2, 0.25) is 5.91 Å². The molecule has 2 aliphatic heterocycles. The highest BCUT2D eigenvalue weighted by atomic mass is 16.7. The van der Waals surface area contributed by atoms with Gasteiger partial charge >= 0.3 is 0 Å². The number of carbonyl (C=O) groups excluding carboxylic acids is 1. The highest BCUT2D eigenvalue weighted by Crippen LogP contribution is 2.30. The number of aliphatic hydroxyl groups is 8. The molecule has 2 aliphatic rings. The maximum absolute atomic E-state index is 13.1. The largest absolute Gasteiger partial charge is 0.394 e. The van der Waals surface area contributed by atoms with E-state index in [0.29, 0.717) is 12.8 Å². The molecule has 0 aromatic rings. The normalized spacial score (nSPS) is 27.3. The van der Waals surface area contributed by atoms with E-state index in [1.165, 1.54) is 83.5 Å². The lowest BCUT2D eigenvalue weighted by Crippen LogP contribution is -2.65. The molecule has 0 radical (unpaired) electrons. The van der Waals surface area contributed by atoms with E-state index in [4.69, 9.17) is 18.9 Å². The molecule has 2 heterocycles. The number of hydrogen-bond donors (Lipinski definition) is 9. The number of unbranched alkanes of at least 4 members (excludes halogenated alkanes) is 17. The fraction of sp³-hybridized carbons (Fsp3) is 0.788. The highest BCUT2D eigenvalue weighted by Gasteiger charge is 2.51. The van der Waals surface area contributed by atoms with Crippen LogP contribution in [0.5, 0.6) is 0 Å². The summed E-state index contributed by atoms with van der Waals surface area (Å²) in [4.78, 5) is 13.1. The van der Waals surface area contributed by atoms with Gasteiger partial charge < -0.3 is 65.1 Å². The van der Waals surface area contributed by atoms with Gasteiger partial charge in [0.1, 0.15) is 48.8 Å². The number of ether oxygens (including phenoxy) is 4. The lowest BCUT2D eigenvalue weighted by atomic mass is 9.97. The average molecular weight is 938 g/mol. The Bertz CT molecular complexity index is 1340. The molecule has 0 aromatic carbocycles. The number of allylic oxidation sites excluding steroid dienone is 9. The minimum Gasteiger partial charge on any atom is -0.394 e. The van der Waals surface area contributed by atoms with Crippen LogP contribution in [0.25, 0.3) is 0 Å². The van der Waals surface area contributed by atoms with Gasteiger partial charge in [-0.15, -0.1) is 0 Å². The Balaban J connectivity index is 1.87. The summed E-state index contributed by atoms with van der Waals surface area (Å²) in [6.07, 6.45) is 29.8. The Labute approximate surface area is 396 Å². The Morgan fingerprint density at radius 3 is 1.67 bits per heavy atom. The van der Waals surface area contributed by atoms with Gasteiger partial charge in [0.15, 0.2) is 12.6 Å². The van der Waals surface area contributed by atoms with Gasteiger partial charge in [-0.3, -0.25) is 4.79 Å². The van der Waals surface area contributed by atoms with Crippen LogP contribution < -0.4 is 5.32 Å². The van der Waals surface area contributed by atoms with E-state index in [1.54, 1.807) is 6.08 Å². The first-order valence-corrected chi connectivity index (χ1v) is 25.5. The van der Waals surface area contributed by atoms with Gasteiger partial charge in [0.25, 0.3) is 0 Å². The van der Waals surface area contributed by atoms with Crippen LogP contribution in [0.4, 0.5) is 0 Å². The number of amides is 1. The van der Waals surface area contributed by atoms with Crippen LogP contribution in [0.2, 0.25) is 0 Å². The summed E-state index contributed by atoms with van der Waals surface area (Å²) in [5, 5.41) is 86.7. The second kappa shape index (κ2) is 38.5. The van der Waals surface area contributed by atoms with Crippen molar-refractivity contribution in [2.45, 2.75) is 242 Å². The Hall–Kier alpha value is -2.31. The van der Waals surface area contributed by atoms with Crippen LogP contribution in [0.3, 0.4) is 0 Å². The zero-order chi connectivity index (χ0) is 48.2. The van der Waals surface area contributed by atoms with Crippen molar-refractivity contribution in [3.05, 3.63) is 60.8 Å². The van der Waals surface area contributed by atoms with E-state index in [9.17, 15) is 45.6 Å². The summed E-state index contributed by atoms with van der Waals surface area (Å²) in [5.74, 6) is -0.281. The Morgan fingerprint density at radius 1 is 0.561 bits per heavy atom. The number of nitrogens with one attached hydrogen (secondary N) is 1. The van der Waals surface area contributed by atoms with Crippen molar-refractivity contribution in [3.63, 3.8) is 0 Å². The Kier molecular flexibility index (Phi) is 34.9. The Morgan fingerprint density at radius 2 is 1.06 bits per heavy atom. The van der Waals surface area contributed by atoms with Gasteiger partial charge in [-0.05, 0) is 64.2 Å². The maximum Gasteiger partial charge on any atom is 0.220 e. The molecular formula is C52H91NO13. The third-order valence-corrected chi connectivity index (χ3v) is 12.2. The predicted molar refractivity (Wildman–Crippen MR) is 258 cm³/mol. The summed E-state index contributed by atoms with van der Waals surface area (Å²) in [6, 6.07) is -0.947. The SMILES string of the molecule is CC/C=C\C/C=C\C/C=C\CCCCCC(=O)NC(COC1OC(CO)C(OC2OC(CO)C(O)C(O)C2O)C(O)C1O)C(O)/C=C/CC/C=C/CCCCCCCCCCCCCCC. The smallest absolute Gasteiger partial charge is 0.220 e. The molecular weight excluding hydrogens is 847 g/mol. The van der Waals surface area contributed by atoms with Crippen LogP contribution in [0.15, 0.2) is 60.8 Å². The molecule has 14 heteroatoms. The van der Waals surface area contributed by atoms with E-state index < -0.39 is 86.8 Å². The molecule has 0 aliphatic carbocycles. The molecule has 382 valence electrons. The minimum absolute atomic E-state index is 0.236. The van der Waals surface area contributed by atoms with E-state index in [-0.39, 0.29) is 18.9 Å². The standard InChI is InChI=1S/C52H91NO13/c1-3-5-7-9-11-13-15-17-18-19-20-21-22-24-25-27-29-31-33-35-41(56)40(53-44(57)36-34-32-30-28-26-23-16-14-12-10-8-6-4-2)39-63-51-49(62)47(60)50(43(38-55)65-51)66-52-48(61)46(59)45(58)42(37-54)64-52/h6,8,12,14,23,25-27,33,35,40-43,45-52,54-56,58-62H,3-5,7,9-11,13,15-22,24,28-32,34,36-39H2,1-2H3,(H,53,57)/b8-6-,14-12-,26-23-,27-25+,35-33+. The molecule has 0 bridgehead atoms. The lowest BCUT2D eigenvalue weighted by molar-refractivity contribution is -0.359. The summed E-state index contributed by atoms with van der Waals surface area (Å²) in [5.41, 5.74) is 0. The second-order valence-corrected chi connectivity index (χ2v) is 17.9. The number of hydrogen-bond acceptors (Lipinski definition) is 13. The van der Waals surface area contributed by atoms with E-state index in [2.05, 4.69) is 67.8 Å². The molecule has 9 N–H and O–H groups in total. The number of carbonyl (C=O) groups is 1. The van der Waals surface area contributed by atoms with E-state index >= 15 is 0 Å². The van der Waals surface area contributed by atoms with Crippen LogP contribution in [-0.2, 0) is 23.7 Å². The van der Waals surface area contributed by atoms with E-state index in [0.717, 1.165) is 51.4 Å². The zero-order valence-corrected chi connectivity index (χ0v) is 40.4. The summed E-state index contributed by atoms with van der Waals surface area (Å²) in [7, 11) is 0. The van der Waals surface area contributed by atoms with Crippen molar-refractivity contribution < 1.29 is 64.6 Å². The minimum atomic E-state index is -1.79. The molecule has 66 heavy (non-hydrogen) atoms. The first-order chi connectivity index (χ1) is 32.1. The van der Waals surface area contributed by atoms with Crippen molar-refractivity contribution in [3.8, 4) is 0 Å². The number of aliphatic hydroxyl groups excluding tert-OH is 8. The topological polar surface area (TPSA) is 228 Å². The van der Waals surface area contributed by atoms with Crippen LogP contribution in [0, 0.1) is 0 Å². The molecule has 14 nitrogen and oxygen atoms in total. The van der Waals surface area contributed by atoms with Gasteiger partial charge in [0, 0.05) is 6.42 Å². The van der Waals surface area contributed by atoms with Gasteiger partial charge in [-0.25, -0.2) is 0 Å². The highest BCUT2D eigenvalue weighted by molar-refractivity contribution is 5.76. The predicted octanol–water partition coefficient (Wildman–Crippen LogP) is 6.66. The van der Waals surface area contributed by atoms with Crippen molar-refractivity contribution in [1.82, 2.24) is 5.32 Å². The third kappa shape index (κ3) is 25.3. The molecule has 2 saturated heterocycles. The summed E-state index contributed by atoms with van der Waals surface area (Å²) < 4.78 is 22.6. The lowest BCUT2D eigenvalue weighted by Gasteiger charge is -2.46. The van der Waals surface area contributed by atoms with E-state index in [1.807, 2.05) is 6.08 Å². The average Bonchev–Trinajstić information content (AvgIpc) is 3.31. The fourth-order valence-electron chi connectivity index (χ4n) is 8.03. The van der Waals surface area contributed by atoms with Gasteiger partial charge in [0.05, 0.1) is 32.0 Å². The molecule has 12 unspecified atom stereocenters. The summed E-state index contributed by atoms with van der Waals surface area (Å²) >= 11 is 0. The fourth-order valence-corrected chi connectivity index (χ4v) is 8.03. The summed E-state index contributed by atoms with van der Waals surface area (Å²) in [6.45, 7) is 2.61. The van der Waals surface area contributed by atoms with Gasteiger partial charge in [-0.2, -0.15) is 0 Å². The van der Waals surface area contributed by atoms with Crippen LogP contribution in [0.1, 0.15) is 168 Å². The monoisotopic (exact) mass is 938 g/mol. The first-order valence-electron chi connectivity index (χ1n) is 25.5. The maximum atomic E-state index is 13.1. The molecule has 0 spiro atoms. The van der Waals surface area contributed by atoms with Crippen molar-refractivity contribution in [2.24, 2.45) is 0 Å². The molecule has 2 fully saturated rings. The first kappa shape index (κ1) is 59.8. The quantitative estimate of drug-likeness (QED) is 0.0234. The van der Waals surface area contributed by atoms with Crippen molar-refractivity contribution in [1.29, 1.82) is 0 Å². The molecule has 2 rings (SSSR count). The molecule has 12 atom stereocenters. The van der Waals surface area contributed by atoms with Crippen molar-refractivity contribution in [2.75, 3.05) is 19.8 Å². The zero-order valence-electron chi connectivity index (χ0n) is 40.4. The third-order valence-electron chi connectivity index (χ3n) is 12.2. The molecule has 0 saturated carbocycles.